The van der Waals surface area contributed by atoms with Crippen molar-refractivity contribution in [2.45, 2.75) is 31.7 Å². The zero-order chi connectivity index (χ0) is 32.5. The second-order valence-electron chi connectivity index (χ2n) is 11.8. The summed E-state index contributed by atoms with van der Waals surface area (Å²) in [5, 5.41) is 15.6. The van der Waals surface area contributed by atoms with Gasteiger partial charge in [0.05, 0.1) is 30.9 Å². The molecule has 2 saturated heterocycles. The number of nitrogen functional groups attached to an aromatic ring is 1. The van der Waals surface area contributed by atoms with E-state index in [1.54, 1.807) is 25.5 Å². The molecule has 1 aromatic heterocycles. The van der Waals surface area contributed by atoms with Crippen LogP contribution >= 0.6 is 0 Å². The largest absolute Gasteiger partial charge is 0.404 e. The maximum absolute atomic E-state index is 13.2. The number of β-amino-alcohol motifs (C(OH)–C–C–N with tert-alkyl or cyclic N) is 1. The summed E-state index contributed by atoms with van der Waals surface area (Å²) in [7, 11) is 1.65. The van der Waals surface area contributed by atoms with Crippen LogP contribution in [0.5, 0.6) is 0 Å². The van der Waals surface area contributed by atoms with Gasteiger partial charge in [-0.2, -0.15) is 0 Å². The summed E-state index contributed by atoms with van der Waals surface area (Å²) in [6.45, 7) is 8.92. The van der Waals surface area contributed by atoms with E-state index in [-0.39, 0.29) is 36.0 Å². The van der Waals surface area contributed by atoms with Gasteiger partial charge in [-0.3, -0.25) is 19.6 Å². The number of pyridine rings is 1. The molecule has 0 spiro atoms. The molecule has 2 aliphatic heterocycles. The van der Waals surface area contributed by atoms with Gasteiger partial charge in [-0.05, 0) is 35.2 Å². The molecule has 0 radical (unpaired) electrons. The Kier molecular flexibility index (Phi) is 11.5. The van der Waals surface area contributed by atoms with Crippen molar-refractivity contribution in [1.29, 1.82) is 0 Å². The standard InChI is InChI=1S/C35H46N8O3/c1-24(43-13-11-42(12-14-43)15-16-44)26-7-9-28(10-8-26)27-5-3-25(4-6-27)23-46-33-22-39-21-32(33)41-35(45)31-17-29(20-40-34(31)37)30(18-36)19-38-2/h3-10,17-20,24,32-33,39,44H,11-16,21-23,36H2,1-2H3,(H2,37,40)(H,41,45)/t24?,32-,33-/m0/s1. The zero-order valence-electron chi connectivity index (χ0n) is 26.7. The fourth-order valence-corrected chi connectivity index (χ4v) is 6.07. The molecule has 7 N–H and O–H groups in total. The van der Waals surface area contributed by atoms with Crippen LogP contribution in [0.4, 0.5) is 5.82 Å². The summed E-state index contributed by atoms with van der Waals surface area (Å²) in [5.74, 6) is -0.170. The molecular weight excluding hydrogens is 580 g/mol. The molecule has 2 aromatic carbocycles. The van der Waals surface area contributed by atoms with Crippen LogP contribution in [0.2, 0.25) is 0 Å². The first-order chi connectivity index (χ1) is 22.4. The van der Waals surface area contributed by atoms with Gasteiger partial charge in [0.15, 0.2) is 0 Å². The van der Waals surface area contributed by atoms with Gasteiger partial charge in [0.2, 0.25) is 0 Å². The van der Waals surface area contributed by atoms with Gasteiger partial charge in [-0.1, -0.05) is 48.5 Å². The maximum Gasteiger partial charge on any atom is 0.255 e. The number of aliphatic hydroxyl groups excluding tert-OH is 1. The Bertz CT molecular complexity index is 1500. The van der Waals surface area contributed by atoms with Crippen LogP contribution in [0.25, 0.3) is 16.7 Å². The molecule has 11 heteroatoms. The van der Waals surface area contributed by atoms with Crippen molar-refractivity contribution in [3.05, 3.63) is 89.2 Å². The molecular formula is C35H46N8O3. The summed E-state index contributed by atoms with van der Waals surface area (Å²) in [6, 6.07) is 19.1. The Morgan fingerprint density at radius 1 is 1.13 bits per heavy atom. The molecule has 0 bridgehead atoms. The van der Waals surface area contributed by atoms with E-state index in [2.05, 4.69) is 85.9 Å². The SMILES string of the molecule is CN=CC(=CN)c1cnc(N)c(C(=O)N[C@H]2CNC[C@@H]2OCc2ccc(-c3ccc(C(C)N4CCN(CCO)CC4)cc3)cc2)c1. The number of aromatic nitrogens is 1. The van der Waals surface area contributed by atoms with Gasteiger partial charge < -0.3 is 31.9 Å². The average molecular weight is 627 g/mol. The first kappa shape index (κ1) is 33.2. The van der Waals surface area contributed by atoms with Gasteiger partial charge in [-0.15, -0.1) is 0 Å². The lowest BCUT2D eigenvalue weighted by molar-refractivity contribution is 0.0358. The van der Waals surface area contributed by atoms with E-state index in [1.165, 1.54) is 17.3 Å². The van der Waals surface area contributed by atoms with E-state index >= 15 is 0 Å². The van der Waals surface area contributed by atoms with Crippen molar-refractivity contribution in [2.75, 3.05) is 65.2 Å². The number of aliphatic imine (C=N–C) groups is 1. The highest BCUT2D eigenvalue weighted by atomic mass is 16.5. The highest BCUT2D eigenvalue weighted by Gasteiger charge is 2.30. The Morgan fingerprint density at radius 3 is 2.48 bits per heavy atom. The number of carbonyl (C=O) groups is 1. The van der Waals surface area contributed by atoms with Gasteiger partial charge in [0, 0.05) is 88.7 Å². The van der Waals surface area contributed by atoms with Crippen molar-refractivity contribution in [3.63, 3.8) is 0 Å². The van der Waals surface area contributed by atoms with Crippen LogP contribution in [-0.2, 0) is 11.3 Å². The monoisotopic (exact) mass is 626 g/mol. The van der Waals surface area contributed by atoms with E-state index in [4.69, 9.17) is 16.2 Å². The summed E-state index contributed by atoms with van der Waals surface area (Å²) >= 11 is 0. The molecule has 5 rings (SSSR count). The molecule has 3 atom stereocenters. The van der Waals surface area contributed by atoms with Crippen molar-refractivity contribution >= 4 is 23.5 Å². The fourth-order valence-electron chi connectivity index (χ4n) is 6.07. The molecule has 244 valence electrons. The van der Waals surface area contributed by atoms with Gasteiger partial charge in [0.25, 0.3) is 5.91 Å². The summed E-state index contributed by atoms with van der Waals surface area (Å²) in [6.07, 6.45) is 4.40. The number of amides is 1. The van der Waals surface area contributed by atoms with Crippen LogP contribution < -0.4 is 22.1 Å². The number of ether oxygens (including phenoxy) is 1. The van der Waals surface area contributed by atoms with Crippen LogP contribution in [0.3, 0.4) is 0 Å². The third kappa shape index (κ3) is 8.17. The number of nitrogens with one attached hydrogen (secondary N) is 2. The van der Waals surface area contributed by atoms with Gasteiger partial charge >= 0.3 is 0 Å². The maximum atomic E-state index is 13.2. The lowest BCUT2D eigenvalue weighted by atomic mass is 9.99. The number of benzene rings is 2. The Labute approximate surface area is 271 Å². The molecule has 1 amide bonds. The summed E-state index contributed by atoms with van der Waals surface area (Å²) in [5.41, 5.74) is 18.1. The second-order valence-corrected chi connectivity index (χ2v) is 11.8. The lowest BCUT2D eigenvalue weighted by Gasteiger charge is -2.38. The molecule has 1 unspecified atom stereocenters. The molecule has 3 aromatic rings. The first-order valence-electron chi connectivity index (χ1n) is 15.9. The Hall–Kier alpha value is -4.13. The first-order valence-corrected chi connectivity index (χ1v) is 15.9. The quantitative estimate of drug-likeness (QED) is 0.191. The number of allylic oxidation sites excluding steroid dienone is 1. The number of rotatable bonds is 12. The van der Waals surface area contributed by atoms with E-state index in [1.807, 2.05) is 0 Å². The molecule has 3 heterocycles. The molecule has 2 aliphatic rings. The van der Waals surface area contributed by atoms with Crippen molar-refractivity contribution in [1.82, 2.24) is 25.4 Å². The number of hydrogen-bond donors (Lipinski definition) is 5. The molecule has 46 heavy (non-hydrogen) atoms. The van der Waals surface area contributed by atoms with Crippen LogP contribution in [0.15, 0.2) is 72.0 Å². The van der Waals surface area contributed by atoms with Crippen molar-refractivity contribution in [3.8, 4) is 11.1 Å². The normalized spacial score (nSPS) is 20.3. The number of anilines is 1. The Morgan fingerprint density at radius 2 is 1.83 bits per heavy atom. The molecule has 11 nitrogen and oxygen atoms in total. The van der Waals surface area contributed by atoms with Gasteiger partial charge in [0.1, 0.15) is 5.82 Å². The van der Waals surface area contributed by atoms with Gasteiger partial charge in [-0.25, -0.2) is 4.98 Å². The van der Waals surface area contributed by atoms with E-state index in [0.717, 1.165) is 43.9 Å². The lowest BCUT2D eigenvalue weighted by Crippen LogP contribution is -2.47. The number of piperazine rings is 1. The average Bonchev–Trinajstić information content (AvgIpc) is 3.53. The van der Waals surface area contributed by atoms with Crippen LogP contribution in [-0.4, -0.2) is 104 Å². The third-order valence-electron chi connectivity index (χ3n) is 8.93. The number of aliphatic hydroxyl groups is 1. The number of carbonyl (C=O) groups excluding carboxylic acids is 1. The summed E-state index contributed by atoms with van der Waals surface area (Å²) in [4.78, 5) is 26.2. The zero-order valence-corrected chi connectivity index (χ0v) is 26.7. The number of hydrogen-bond acceptors (Lipinski definition) is 10. The second kappa shape index (κ2) is 15.9. The van der Waals surface area contributed by atoms with Crippen molar-refractivity contribution in [2.24, 2.45) is 10.7 Å². The Balaban J connectivity index is 1.14. The van der Waals surface area contributed by atoms with E-state index < -0.39 is 0 Å². The summed E-state index contributed by atoms with van der Waals surface area (Å²) < 4.78 is 6.26. The number of nitrogens with two attached hydrogens (primary N) is 2. The predicted molar refractivity (Wildman–Crippen MR) is 183 cm³/mol. The molecule has 0 aliphatic carbocycles. The van der Waals surface area contributed by atoms with Crippen LogP contribution in [0, 0.1) is 0 Å². The topological polar surface area (TPSA) is 154 Å². The minimum atomic E-state index is -0.315. The minimum absolute atomic E-state index is 0.145. The van der Waals surface area contributed by atoms with Crippen molar-refractivity contribution < 1.29 is 14.6 Å². The predicted octanol–water partition coefficient (Wildman–Crippen LogP) is 2.29. The fraction of sp³-hybridized carbons (Fsp3) is 0.400. The smallest absolute Gasteiger partial charge is 0.255 e. The number of nitrogens with zero attached hydrogens (tertiary/aromatic N) is 4. The third-order valence-corrected chi connectivity index (χ3v) is 8.93. The van der Waals surface area contributed by atoms with E-state index in [0.29, 0.717) is 36.9 Å². The molecule has 2 fully saturated rings. The highest BCUT2D eigenvalue weighted by molar-refractivity contribution is 6.10. The molecule has 0 saturated carbocycles. The minimum Gasteiger partial charge on any atom is -0.404 e. The van der Waals surface area contributed by atoms with E-state index in [9.17, 15) is 9.90 Å². The van der Waals surface area contributed by atoms with Crippen LogP contribution in [0.1, 0.15) is 40.0 Å². The highest BCUT2D eigenvalue weighted by Crippen LogP contribution is 2.26.